The normalized spacial score (nSPS) is 14.2. The quantitative estimate of drug-likeness (QED) is 0.657. The Morgan fingerprint density at radius 1 is 1.07 bits per heavy atom. The van der Waals surface area contributed by atoms with Crippen LogP contribution in [0.5, 0.6) is 5.75 Å². The van der Waals surface area contributed by atoms with Gasteiger partial charge in [0.25, 0.3) is 0 Å². The Labute approximate surface area is 164 Å². The van der Waals surface area contributed by atoms with Crippen LogP contribution in [0.2, 0.25) is 0 Å². The van der Waals surface area contributed by atoms with Crippen LogP contribution in [0.4, 0.5) is 5.82 Å². The van der Waals surface area contributed by atoms with Crippen molar-refractivity contribution in [2.45, 2.75) is 13.1 Å². The van der Waals surface area contributed by atoms with Gasteiger partial charge in [-0.1, -0.05) is 6.07 Å². The summed E-state index contributed by atoms with van der Waals surface area (Å²) in [6.45, 7) is 4.82. The number of hydrogen-bond acceptors (Lipinski definition) is 6. The SMILES string of the molecule is COc1ccc(-c2[nH]ncc2CNCc2ccc(N3CCOCC3)nc2)cc1. The molecule has 2 aromatic heterocycles. The lowest BCUT2D eigenvalue weighted by Crippen LogP contribution is -2.36. The average molecular weight is 379 g/mol. The number of hydrogen-bond donors (Lipinski definition) is 2. The number of methoxy groups -OCH3 is 1. The molecule has 1 aromatic carbocycles. The molecule has 0 aliphatic carbocycles. The Morgan fingerprint density at radius 3 is 2.61 bits per heavy atom. The number of nitrogens with zero attached hydrogens (tertiary/aromatic N) is 3. The number of ether oxygens (including phenoxy) is 2. The first kappa shape index (κ1) is 18.5. The Hall–Kier alpha value is -2.90. The molecule has 0 bridgehead atoms. The van der Waals surface area contributed by atoms with E-state index in [2.05, 4.69) is 37.5 Å². The Morgan fingerprint density at radius 2 is 1.89 bits per heavy atom. The largest absolute Gasteiger partial charge is 0.497 e. The van der Waals surface area contributed by atoms with Gasteiger partial charge in [0, 0.05) is 43.5 Å². The third-order valence-corrected chi connectivity index (χ3v) is 4.89. The molecule has 0 spiro atoms. The van der Waals surface area contributed by atoms with E-state index in [1.54, 1.807) is 7.11 Å². The minimum absolute atomic E-state index is 0.725. The fourth-order valence-electron chi connectivity index (χ4n) is 3.30. The van der Waals surface area contributed by atoms with Crippen LogP contribution in [-0.2, 0) is 17.8 Å². The van der Waals surface area contributed by atoms with Crippen LogP contribution in [0.15, 0.2) is 48.8 Å². The van der Waals surface area contributed by atoms with Crippen LogP contribution in [0.25, 0.3) is 11.3 Å². The van der Waals surface area contributed by atoms with Gasteiger partial charge < -0.3 is 19.7 Å². The second-order valence-corrected chi connectivity index (χ2v) is 6.73. The van der Waals surface area contributed by atoms with Gasteiger partial charge in [-0.3, -0.25) is 5.10 Å². The molecule has 0 unspecified atom stereocenters. The topological polar surface area (TPSA) is 75.3 Å². The van der Waals surface area contributed by atoms with Crippen molar-refractivity contribution in [1.29, 1.82) is 0 Å². The van der Waals surface area contributed by atoms with Gasteiger partial charge in [0.1, 0.15) is 11.6 Å². The van der Waals surface area contributed by atoms with Crippen LogP contribution in [0, 0.1) is 0 Å². The summed E-state index contributed by atoms with van der Waals surface area (Å²) in [4.78, 5) is 6.86. The van der Waals surface area contributed by atoms with Gasteiger partial charge in [0.2, 0.25) is 0 Å². The Balaban J connectivity index is 1.33. The van der Waals surface area contributed by atoms with Crippen molar-refractivity contribution in [3.05, 3.63) is 59.9 Å². The van der Waals surface area contributed by atoms with Crippen molar-refractivity contribution in [3.63, 3.8) is 0 Å². The van der Waals surface area contributed by atoms with Gasteiger partial charge in [0.05, 0.1) is 32.2 Å². The highest BCUT2D eigenvalue weighted by Gasteiger charge is 2.12. The molecule has 1 aliphatic rings. The van der Waals surface area contributed by atoms with E-state index in [4.69, 9.17) is 9.47 Å². The van der Waals surface area contributed by atoms with Crippen molar-refractivity contribution in [2.24, 2.45) is 0 Å². The van der Waals surface area contributed by atoms with E-state index >= 15 is 0 Å². The number of morpholine rings is 1. The maximum atomic E-state index is 5.39. The molecule has 4 rings (SSSR count). The monoisotopic (exact) mass is 379 g/mol. The predicted octanol–water partition coefficient (Wildman–Crippen LogP) is 2.61. The zero-order chi connectivity index (χ0) is 19.2. The summed E-state index contributed by atoms with van der Waals surface area (Å²) in [5.74, 6) is 1.86. The summed E-state index contributed by atoms with van der Waals surface area (Å²) in [5, 5.41) is 10.8. The molecule has 1 saturated heterocycles. The molecule has 0 radical (unpaired) electrons. The highest BCUT2D eigenvalue weighted by Crippen LogP contribution is 2.23. The lowest BCUT2D eigenvalue weighted by atomic mass is 10.1. The fourth-order valence-corrected chi connectivity index (χ4v) is 3.30. The number of nitrogens with one attached hydrogen (secondary N) is 2. The van der Waals surface area contributed by atoms with E-state index in [1.807, 2.05) is 36.7 Å². The molecule has 2 N–H and O–H groups in total. The standard InChI is InChI=1S/C21H25N5O2/c1-27-19-5-3-17(4-6-19)21-18(15-24-25-21)14-22-12-16-2-7-20(23-13-16)26-8-10-28-11-9-26/h2-7,13,15,22H,8-12,14H2,1H3,(H,24,25). The molecule has 3 aromatic rings. The molecule has 7 heteroatoms. The molecule has 0 amide bonds. The number of pyridine rings is 1. The van der Waals surface area contributed by atoms with Crippen molar-refractivity contribution in [1.82, 2.24) is 20.5 Å². The van der Waals surface area contributed by atoms with Crippen LogP contribution >= 0.6 is 0 Å². The Bertz CT molecular complexity index is 871. The van der Waals surface area contributed by atoms with E-state index < -0.39 is 0 Å². The molecule has 1 fully saturated rings. The van der Waals surface area contributed by atoms with E-state index in [9.17, 15) is 0 Å². The van der Waals surface area contributed by atoms with Gasteiger partial charge in [-0.2, -0.15) is 5.10 Å². The van der Waals surface area contributed by atoms with Gasteiger partial charge in [-0.05, 0) is 35.9 Å². The minimum atomic E-state index is 0.725. The number of aromatic nitrogens is 3. The average Bonchev–Trinajstić information content (AvgIpc) is 3.23. The van der Waals surface area contributed by atoms with Crippen LogP contribution in [0.3, 0.4) is 0 Å². The smallest absolute Gasteiger partial charge is 0.128 e. The van der Waals surface area contributed by atoms with Crippen molar-refractivity contribution < 1.29 is 9.47 Å². The van der Waals surface area contributed by atoms with Crippen molar-refractivity contribution in [3.8, 4) is 17.0 Å². The summed E-state index contributed by atoms with van der Waals surface area (Å²) in [5.41, 5.74) is 4.40. The first-order chi connectivity index (χ1) is 13.8. The van der Waals surface area contributed by atoms with Crippen molar-refractivity contribution in [2.75, 3.05) is 38.3 Å². The highest BCUT2D eigenvalue weighted by molar-refractivity contribution is 5.63. The van der Waals surface area contributed by atoms with Crippen LogP contribution in [0.1, 0.15) is 11.1 Å². The van der Waals surface area contributed by atoms with Crippen LogP contribution < -0.4 is 15.0 Å². The highest BCUT2D eigenvalue weighted by atomic mass is 16.5. The van der Waals surface area contributed by atoms with E-state index in [-0.39, 0.29) is 0 Å². The summed E-state index contributed by atoms with van der Waals surface area (Å²) in [6.07, 6.45) is 3.81. The van der Waals surface area contributed by atoms with Crippen LogP contribution in [-0.4, -0.2) is 48.6 Å². The Kier molecular flexibility index (Phi) is 5.84. The number of aromatic amines is 1. The van der Waals surface area contributed by atoms with Gasteiger partial charge in [-0.15, -0.1) is 0 Å². The molecule has 0 atom stereocenters. The number of benzene rings is 1. The number of H-pyrrole nitrogens is 1. The molecular weight excluding hydrogens is 354 g/mol. The predicted molar refractivity (Wildman–Crippen MR) is 108 cm³/mol. The van der Waals surface area contributed by atoms with Crippen molar-refractivity contribution >= 4 is 5.82 Å². The maximum absolute atomic E-state index is 5.39. The third-order valence-electron chi connectivity index (χ3n) is 4.89. The second kappa shape index (κ2) is 8.86. The maximum Gasteiger partial charge on any atom is 0.128 e. The molecule has 146 valence electrons. The molecule has 0 saturated carbocycles. The number of anilines is 1. The first-order valence-electron chi connectivity index (χ1n) is 9.48. The first-order valence-corrected chi connectivity index (χ1v) is 9.48. The summed E-state index contributed by atoms with van der Waals surface area (Å²) < 4.78 is 10.6. The summed E-state index contributed by atoms with van der Waals surface area (Å²) in [6, 6.07) is 12.2. The minimum Gasteiger partial charge on any atom is -0.497 e. The van der Waals surface area contributed by atoms with E-state index in [1.165, 1.54) is 0 Å². The molecule has 3 heterocycles. The molecular formula is C21H25N5O2. The second-order valence-electron chi connectivity index (χ2n) is 6.73. The summed E-state index contributed by atoms with van der Waals surface area (Å²) in [7, 11) is 1.67. The van der Waals surface area contributed by atoms with Gasteiger partial charge in [-0.25, -0.2) is 4.98 Å². The zero-order valence-corrected chi connectivity index (χ0v) is 16.0. The molecule has 28 heavy (non-hydrogen) atoms. The van der Waals surface area contributed by atoms with Gasteiger partial charge >= 0.3 is 0 Å². The zero-order valence-electron chi connectivity index (χ0n) is 16.0. The van der Waals surface area contributed by atoms with E-state index in [0.29, 0.717) is 0 Å². The third kappa shape index (κ3) is 4.32. The van der Waals surface area contributed by atoms with Gasteiger partial charge in [0.15, 0.2) is 0 Å². The van der Waals surface area contributed by atoms with E-state index in [0.717, 1.165) is 73.3 Å². The lowest BCUT2D eigenvalue weighted by Gasteiger charge is -2.27. The molecule has 1 aliphatic heterocycles. The molecule has 7 nitrogen and oxygen atoms in total. The lowest BCUT2D eigenvalue weighted by molar-refractivity contribution is 0.122. The summed E-state index contributed by atoms with van der Waals surface area (Å²) >= 11 is 0. The number of rotatable bonds is 7. The fraction of sp³-hybridized carbons (Fsp3) is 0.333.